The number of carboxylic acids is 2. The van der Waals surface area contributed by atoms with Crippen molar-refractivity contribution in [3.05, 3.63) is 12.2 Å². The van der Waals surface area contributed by atoms with Gasteiger partial charge in [0.2, 0.25) is 0 Å². The summed E-state index contributed by atoms with van der Waals surface area (Å²) < 4.78 is 0. The Labute approximate surface area is 83.2 Å². The molecular weight excluding hydrogens is 184 g/mol. The largest absolute Gasteiger partial charge is 0.481 e. The second kappa shape index (κ2) is 8.29. The van der Waals surface area contributed by atoms with Crippen molar-refractivity contribution in [2.45, 2.75) is 38.5 Å². The minimum absolute atomic E-state index is 0.227. The van der Waals surface area contributed by atoms with Gasteiger partial charge in [-0.3, -0.25) is 4.79 Å². The minimum atomic E-state index is -0.920. The van der Waals surface area contributed by atoms with Crippen LogP contribution in [0.25, 0.3) is 0 Å². The summed E-state index contributed by atoms with van der Waals surface area (Å²) in [7, 11) is 0. The maximum Gasteiger partial charge on any atom is 0.327 e. The van der Waals surface area contributed by atoms with Crippen molar-refractivity contribution in [2.75, 3.05) is 0 Å². The molecule has 0 aliphatic rings. The van der Waals surface area contributed by atoms with E-state index in [1.165, 1.54) is 0 Å². The molecule has 0 unspecified atom stereocenters. The zero-order valence-corrected chi connectivity index (χ0v) is 8.11. The second-order valence-electron chi connectivity index (χ2n) is 3.09. The molecule has 0 heterocycles. The molecule has 0 saturated carbocycles. The molecule has 2 N–H and O–H groups in total. The van der Waals surface area contributed by atoms with E-state index in [4.69, 9.17) is 10.2 Å². The summed E-state index contributed by atoms with van der Waals surface area (Å²) >= 11 is 0. The van der Waals surface area contributed by atoms with E-state index in [1.807, 2.05) is 0 Å². The maximum absolute atomic E-state index is 10.1. The van der Waals surface area contributed by atoms with Crippen molar-refractivity contribution in [1.29, 1.82) is 0 Å². The first kappa shape index (κ1) is 12.7. The summed E-state index contributed by atoms with van der Waals surface area (Å²) in [5, 5.41) is 16.6. The van der Waals surface area contributed by atoms with E-state index >= 15 is 0 Å². The van der Waals surface area contributed by atoms with E-state index in [-0.39, 0.29) is 6.42 Å². The molecular formula is C10H16O4. The van der Waals surface area contributed by atoms with Crippen LogP contribution in [0.15, 0.2) is 12.2 Å². The number of allylic oxidation sites excluding steroid dienone is 1. The smallest absolute Gasteiger partial charge is 0.327 e. The third-order valence-corrected chi connectivity index (χ3v) is 1.77. The molecule has 0 fully saturated rings. The lowest BCUT2D eigenvalue weighted by Crippen LogP contribution is -1.93. The van der Waals surface area contributed by atoms with Crippen LogP contribution in [0.3, 0.4) is 0 Å². The first-order valence-electron chi connectivity index (χ1n) is 4.74. The summed E-state index contributed by atoms with van der Waals surface area (Å²) in [5.74, 6) is -1.67. The Morgan fingerprint density at radius 1 is 1.00 bits per heavy atom. The van der Waals surface area contributed by atoms with Crippen molar-refractivity contribution >= 4 is 11.9 Å². The highest BCUT2D eigenvalue weighted by Gasteiger charge is 1.95. The van der Waals surface area contributed by atoms with Gasteiger partial charge in [-0.05, 0) is 19.3 Å². The SMILES string of the molecule is O=C(O)/C=C/CCCCCCC(=O)O. The number of rotatable bonds is 8. The van der Waals surface area contributed by atoms with Crippen molar-refractivity contribution in [3.8, 4) is 0 Å². The van der Waals surface area contributed by atoms with Gasteiger partial charge in [0.25, 0.3) is 0 Å². The predicted molar refractivity (Wildman–Crippen MR) is 52.1 cm³/mol. The van der Waals surface area contributed by atoms with Gasteiger partial charge in [-0.2, -0.15) is 0 Å². The Kier molecular flexibility index (Phi) is 7.50. The van der Waals surface area contributed by atoms with Gasteiger partial charge in [0, 0.05) is 12.5 Å². The van der Waals surface area contributed by atoms with Crippen LogP contribution < -0.4 is 0 Å². The summed E-state index contributed by atoms with van der Waals surface area (Å²) in [6.45, 7) is 0. The topological polar surface area (TPSA) is 74.6 Å². The lowest BCUT2D eigenvalue weighted by Gasteiger charge is -1.96. The van der Waals surface area contributed by atoms with Crippen LogP contribution >= 0.6 is 0 Å². The van der Waals surface area contributed by atoms with E-state index in [0.717, 1.165) is 31.8 Å². The molecule has 0 aromatic rings. The third kappa shape index (κ3) is 10.7. The van der Waals surface area contributed by atoms with Crippen LogP contribution in [0.2, 0.25) is 0 Å². The van der Waals surface area contributed by atoms with Crippen molar-refractivity contribution < 1.29 is 19.8 Å². The standard InChI is InChI=1S/C10H16O4/c11-9(12)7-5-3-1-2-4-6-8-10(13)14/h5,7H,1-4,6,8H2,(H,11,12)(H,13,14)/b7-5+. The number of carbonyl (C=O) groups is 2. The highest BCUT2D eigenvalue weighted by molar-refractivity contribution is 5.79. The fraction of sp³-hybridized carbons (Fsp3) is 0.600. The molecule has 0 radical (unpaired) electrons. The number of hydrogen-bond acceptors (Lipinski definition) is 2. The Hall–Kier alpha value is -1.32. The summed E-state index contributed by atoms with van der Waals surface area (Å²) in [6, 6.07) is 0. The molecule has 80 valence electrons. The van der Waals surface area contributed by atoms with Crippen LogP contribution in [0.5, 0.6) is 0 Å². The monoisotopic (exact) mass is 200 g/mol. The van der Waals surface area contributed by atoms with Crippen molar-refractivity contribution in [2.24, 2.45) is 0 Å². The first-order chi connectivity index (χ1) is 6.63. The van der Waals surface area contributed by atoms with Crippen LogP contribution in [0, 0.1) is 0 Å². The Morgan fingerprint density at radius 3 is 2.21 bits per heavy atom. The maximum atomic E-state index is 10.1. The van der Waals surface area contributed by atoms with Crippen LogP contribution in [-0.2, 0) is 9.59 Å². The Morgan fingerprint density at radius 2 is 1.64 bits per heavy atom. The van der Waals surface area contributed by atoms with Crippen LogP contribution in [0.4, 0.5) is 0 Å². The van der Waals surface area contributed by atoms with E-state index in [9.17, 15) is 9.59 Å². The summed E-state index contributed by atoms with van der Waals surface area (Å²) in [4.78, 5) is 20.2. The summed E-state index contributed by atoms with van der Waals surface area (Å²) in [6.07, 6.45) is 7.22. The van der Waals surface area contributed by atoms with E-state index < -0.39 is 11.9 Å². The zero-order chi connectivity index (χ0) is 10.8. The fourth-order valence-electron chi connectivity index (χ4n) is 1.08. The van der Waals surface area contributed by atoms with Gasteiger partial charge in [0.05, 0.1) is 0 Å². The highest BCUT2D eigenvalue weighted by atomic mass is 16.4. The Balaban J connectivity index is 3.14. The van der Waals surface area contributed by atoms with Crippen LogP contribution in [0.1, 0.15) is 38.5 Å². The molecule has 0 aliphatic carbocycles. The molecule has 4 heteroatoms. The lowest BCUT2D eigenvalue weighted by molar-refractivity contribution is -0.137. The van der Waals surface area contributed by atoms with Crippen molar-refractivity contribution in [3.63, 3.8) is 0 Å². The number of hydrogen-bond donors (Lipinski definition) is 2. The fourth-order valence-corrected chi connectivity index (χ4v) is 1.08. The van der Waals surface area contributed by atoms with Gasteiger partial charge >= 0.3 is 11.9 Å². The minimum Gasteiger partial charge on any atom is -0.481 e. The first-order valence-corrected chi connectivity index (χ1v) is 4.74. The molecule has 0 atom stereocenters. The quantitative estimate of drug-likeness (QED) is 0.464. The molecule has 0 rings (SSSR count). The Bertz CT molecular complexity index is 208. The lowest BCUT2D eigenvalue weighted by atomic mass is 10.1. The predicted octanol–water partition coefficient (Wildman–Crippen LogP) is 2.05. The van der Waals surface area contributed by atoms with Crippen LogP contribution in [-0.4, -0.2) is 22.2 Å². The molecule has 0 bridgehead atoms. The molecule has 0 amide bonds. The van der Waals surface area contributed by atoms with Gasteiger partial charge < -0.3 is 10.2 Å². The molecule has 0 aromatic carbocycles. The van der Waals surface area contributed by atoms with Gasteiger partial charge in [-0.25, -0.2) is 4.79 Å². The normalized spacial score (nSPS) is 10.6. The van der Waals surface area contributed by atoms with Gasteiger partial charge in [0.1, 0.15) is 0 Å². The van der Waals surface area contributed by atoms with E-state index in [2.05, 4.69) is 0 Å². The van der Waals surface area contributed by atoms with Gasteiger partial charge in [-0.15, -0.1) is 0 Å². The summed E-state index contributed by atoms with van der Waals surface area (Å²) in [5.41, 5.74) is 0. The van der Waals surface area contributed by atoms with Gasteiger partial charge in [-0.1, -0.05) is 18.9 Å². The molecule has 0 aromatic heterocycles. The zero-order valence-electron chi connectivity index (χ0n) is 8.11. The average molecular weight is 200 g/mol. The molecule has 14 heavy (non-hydrogen) atoms. The number of carboxylic acid groups (broad SMARTS) is 2. The number of aliphatic carboxylic acids is 2. The number of unbranched alkanes of at least 4 members (excludes halogenated alkanes) is 4. The third-order valence-electron chi connectivity index (χ3n) is 1.77. The molecule has 4 nitrogen and oxygen atoms in total. The van der Waals surface area contributed by atoms with Gasteiger partial charge in [0.15, 0.2) is 0 Å². The average Bonchev–Trinajstić information content (AvgIpc) is 2.08. The molecule has 0 saturated heterocycles. The highest BCUT2D eigenvalue weighted by Crippen LogP contribution is 2.05. The molecule has 0 aliphatic heterocycles. The molecule has 0 spiro atoms. The van der Waals surface area contributed by atoms with E-state index in [1.54, 1.807) is 6.08 Å². The second-order valence-corrected chi connectivity index (χ2v) is 3.09. The van der Waals surface area contributed by atoms with E-state index in [0.29, 0.717) is 6.42 Å². The van der Waals surface area contributed by atoms with Crippen molar-refractivity contribution in [1.82, 2.24) is 0 Å².